The standard InChI is InChI=1S/C11H13Cl2NO/c12-5-3-9-8(7-15)1-2-11(14)10(9)4-6-13/h1-2,7H,3-6,14H2. The number of hydrogen-bond donors (Lipinski definition) is 1. The van der Waals surface area contributed by atoms with Gasteiger partial charge in [0.05, 0.1) is 0 Å². The molecule has 0 saturated heterocycles. The van der Waals surface area contributed by atoms with E-state index in [-0.39, 0.29) is 0 Å². The number of aldehydes is 1. The molecule has 0 spiro atoms. The third-order valence-corrected chi connectivity index (χ3v) is 2.70. The molecule has 1 aromatic rings. The lowest BCUT2D eigenvalue weighted by Crippen LogP contribution is -2.05. The Labute approximate surface area is 99.4 Å². The summed E-state index contributed by atoms with van der Waals surface area (Å²) in [6.07, 6.45) is 2.15. The van der Waals surface area contributed by atoms with E-state index in [0.29, 0.717) is 35.9 Å². The molecule has 0 aromatic heterocycles. The molecule has 0 bridgehead atoms. The lowest BCUT2D eigenvalue weighted by molar-refractivity contribution is 0.112. The molecule has 0 fully saturated rings. The maximum Gasteiger partial charge on any atom is 0.150 e. The molecule has 1 aromatic carbocycles. The van der Waals surface area contributed by atoms with E-state index in [2.05, 4.69) is 0 Å². The van der Waals surface area contributed by atoms with Crippen molar-refractivity contribution in [2.45, 2.75) is 12.8 Å². The molecule has 0 aliphatic rings. The molecule has 0 aliphatic heterocycles. The Bertz CT molecular complexity index is 353. The second kappa shape index (κ2) is 5.99. The fourth-order valence-electron chi connectivity index (χ4n) is 1.62. The van der Waals surface area contributed by atoms with Gasteiger partial charge in [-0.1, -0.05) is 0 Å². The molecule has 0 aliphatic carbocycles. The predicted octanol–water partition coefficient (Wildman–Crippen LogP) is 2.64. The highest BCUT2D eigenvalue weighted by molar-refractivity contribution is 6.18. The number of benzene rings is 1. The number of carbonyl (C=O) groups is 1. The fraction of sp³-hybridized carbons (Fsp3) is 0.364. The first-order chi connectivity index (χ1) is 7.24. The third-order valence-electron chi connectivity index (χ3n) is 2.32. The van der Waals surface area contributed by atoms with Gasteiger partial charge in [0.15, 0.2) is 0 Å². The van der Waals surface area contributed by atoms with Gasteiger partial charge in [-0.15, -0.1) is 23.2 Å². The molecule has 0 unspecified atom stereocenters. The Balaban J connectivity index is 3.22. The van der Waals surface area contributed by atoms with E-state index < -0.39 is 0 Å². The number of nitrogen functional groups attached to an aromatic ring is 1. The van der Waals surface area contributed by atoms with Crippen LogP contribution in [0.25, 0.3) is 0 Å². The zero-order valence-electron chi connectivity index (χ0n) is 8.30. The van der Waals surface area contributed by atoms with E-state index >= 15 is 0 Å². The van der Waals surface area contributed by atoms with Gasteiger partial charge in [0.1, 0.15) is 6.29 Å². The molecule has 0 radical (unpaired) electrons. The van der Waals surface area contributed by atoms with Crippen molar-refractivity contribution in [3.8, 4) is 0 Å². The van der Waals surface area contributed by atoms with E-state index in [1.165, 1.54) is 0 Å². The number of rotatable bonds is 5. The smallest absolute Gasteiger partial charge is 0.150 e. The molecule has 4 heteroatoms. The Morgan fingerprint density at radius 2 is 1.73 bits per heavy atom. The highest BCUT2D eigenvalue weighted by Crippen LogP contribution is 2.22. The summed E-state index contributed by atoms with van der Waals surface area (Å²) in [5.74, 6) is 0.960. The zero-order valence-corrected chi connectivity index (χ0v) is 9.81. The van der Waals surface area contributed by atoms with Crippen molar-refractivity contribution in [2.75, 3.05) is 17.5 Å². The summed E-state index contributed by atoms with van der Waals surface area (Å²) in [7, 11) is 0. The van der Waals surface area contributed by atoms with Crippen molar-refractivity contribution < 1.29 is 4.79 Å². The maximum atomic E-state index is 10.9. The topological polar surface area (TPSA) is 43.1 Å². The summed E-state index contributed by atoms with van der Waals surface area (Å²) >= 11 is 11.4. The first kappa shape index (κ1) is 12.3. The van der Waals surface area contributed by atoms with E-state index in [0.717, 1.165) is 17.4 Å². The minimum Gasteiger partial charge on any atom is -0.398 e. The van der Waals surface area contributed by atoms with Gasteiger partial charge in [0.25, 0.3) is 0 Å². The monoisotopic (exact) mass is 245 g/mol. The largest absolute Gasteiger partial charge is 0.398 e. The summed E-state index contributed by atoms with van der Waals surface area (Å²) in [5, 5.41) is 0. The van der Waals surface area contributed by atoms with Crippen molar-refractivity contribution in [1.29, 1.82) is 0 Å². The van der Waals surface area contributed by atoms with Gasteiger partial charge in [-0.25, -0.2) is 0 Å². The lowest BCUT2D eigenvalue weighted by Gasteiger charge is -2.12. The number of anilines is 1. The Hall–Kier alpha value is -0.730. The van der Waals surface area contributed by atoms with E-state index in [4.69, 9.17) is 28.9 Å². The van der Waals surface area contributed by atoms with Crippen LogP contribution in [0.4, 0.5) is 5.69 Å². The average Bonchev–Trinajstić information content (AvgIpc) is 2.24. The number of alkyl halides is 2. The number of nitrogens with two attached hydrogens (primary N) is 1. The Morgan fingerprint density at radius 1 is 1.13 bits per heavy atom. The van der Waals surface area contributed by atoms with Crippen LogP contribution < -0.4 is 5.73 Å². The number of hydrogen-bond acceptors (Lipinski definition) is 2. The molecule has 2 N–H and O–H groups in total. The van der Waals surface area contributed by atoms with Crippen LogP contribution in [0.1, 0.15) is 21.5 Å². The first-order valence-corrected chi connectivity index (χ1v) is 5.78. The summed E-state index contributed by atoms with van der Waals surface area (Å²) < 4.78 is 0. The van der Waals surface area contributed by atoms with Gasteiger partial charge in [0, 0.05) is 23.0 Å². The van der Waals surface area contributed by atoms with Crippen LogP contribution in [0.15, 0.2) is 12.1 Å². The first-order valence-electron chi connectivity index (χ1n) is 4.72. The quantitative estimate of drug-likeness (QED) is 0.493. The van der Waals surface area contributed by atoms with Crippen LogP contribution in [-0.4, -0.2) is 18.0 Å². The van der Waals surface area contributed by atoms with Crippen LogP contribution in [0.5, 0.6) is 0 Å². The average molecular weight is 246 g/mol. The number of carbonyl (C=O) groups excluding carboxylic acids is 1. The van der Waals surface area contributed by atoms with Gasteiger partial charge in [-0.05, 0) is 36.1 Å². The molecule has 0 atom stereocenters. The molecule has 0 heterocycles. The van der Waals surface area contributed by atoms with Crippen LogP contribution in [0, 0.1) is 0 Å². The van der Waals surface area contributed by atoms with Crippen LogP contribution in [0.3, 0.4) is 0 Å². The Morgan fingerprint density at radius 3 is 2.27 bits per heavy atom. The molecular weight excluding hydrogens is 233 g/mol. The number of halogens is 2. The molecule has 2 nitrogen and oxygen atoms in total. The second-order valence-corrected chi connectivity index (χ2v) is 3.95. The minimum absolute atomic E-state index is 0.472. The van der Waals surface area contributed by atoms with E-state index in [1.54, 1.807) is 12.1 Å². The fourth-order valence-corrected chi connectivity index (χ4v) is 2.00. The molecule has 82 valence electrons. The lowest BCUT2D eigenvalue weighted by atomic mass is 9.96. The van der Waals surface area contributed by atoms with E-state index in [9.17, 15) is 4.79 Å². The predicted molar refractivity (Wildman–Crippen MR) is 65.1 cm³/mol. The normalized spacial score (nSPS) is 10.3. The summed E-state index contributed by atoms with van der Waals surface area (Å²) in [4.78, 5) is 10.9. The maximum absolute atomic E-state index is 10.9. The Kier molecular flexibility index (Phi) is 4.92. The SMILES string of the molecule is Nc1ccc(C=O)c(CCCl)c1CCCl. The molecule has 1 rings (SSSR count). The van der Waals surface area contributed by atoms with E-state index in [1.807, 2.05) is 0 Å². The zero-order chi connectivity index (χ0) is 11.3. The van der Waals surface area contributed by atoms with Crippen molar-refractivity contribution >= 4 is 35.2 Å². The summed E-state index contributed by atoms with van der Waals surface area (Å²) in [6.45, 7) is 0. The molecular formula is C11H13Cl2NO. The second-order valence-electron chi connectivity index (χ2n) is 3.20. The van der Waals surface area contributed by atoms with Crippen molar-refractivity contribution in [3.05, 3.63) is 28.8 Å². The van der Waals surface area contributed by atoms with Gasteiger partial charge in [-0.3, -0.25) is 4.79 Å². The van der Waals surface area contributed by atoms with Gasteiger partial charge >= 0.3 is 0 Å². The van der Waals surface area contributed by atoms with Crippen LogP contribution >= 0.6 is 23.2 Å². The molecule has 0 saturated carbocycles. The van der Waals surface area contributed by atoms with Gasteiger partial charge in [0.2, 0.25) is 0 Å². The molecule has 15 heavy (non-hydrogen) atoms. The summed E-state index contributed by atoms with van der Waals surface area (Å²) in [6, 6.07) is 3.46. The minimum atomic E-state index is 0.472. The highest BCUT2D eigenvalue weighted by atomic mass is 35.5. The highest BCUT2D eigenvalue weighted by Gasteiger charge is 2.10. The van der Waals surface area contributed by atoms with Gasteiger partial charge < -0.3 is 5.73 Å². The van der Waals surface area contributed by atoms with Crippen molar-refractivity contribution in [1.82, 2.24) is 0 Å². The van der Waals surface area contributed by atoms with Crippen molar-refractivity contribution in [3.63, 3.8) is 0 Å². The van der Waals surface area contributed by atoms with Gasteiger partial charge in [-0.2, -0.15) is 0 Å². The van der Waals surface area contributed by atoms with Crippen LogP contribution in [0.2, 0.25) is 0 Å². The van der Waals surface area contributed by atoms with Crippen LogP contribution in [-0.2, 0) is 12.8 Å². The third kappa shape index (κ3) is 2.86. The summed E-state index contributed by atoms with van der Waals surface area (Å²) in [5.41, 5.74) is 9.07. The van der Waals surface area contributed by atoms with Crippen molar-refractivity contribution in [2.24, 2.45) is 0 Å². The molecule has 0 amide bonds.